The Bertz CT molecular complexity index is 350. The molecular weight excluding hydrogens is 282 g/mol. The summed E-state index contributed by atoms with van der Waals surface area (Å²) in [6.07, 6.45) is 0. The largest absolute Gasteiger partial charge is 0.311 e. The molecule has 16 heavy (non-hydrogen) atoms. The van der Waals surface area contributed by atoms with Gasteiger partial charge in [-0.05, 0) is 18.2 Å². The second-order valence-electron chi connectivity index (χ2n) is 4.03. The Kier molecular flexibility index (Phi) is 6.17. The van der Waals surface area contributed by atoms with Gasteiger partial charge in [0.1, 0.15) is 0 Å². The number of halogens is 1. The third-order valence-electron chi connectivity index (χ3n) is 2.00. The molecule has 0 spiro atoms. The van der Waals surface area contributed by atoms with Gasteiger partial charge in [0.25, 0.3) is 0 Å². The number of rotatable bonds is 6. The second-order valence-corrected chi connectivity index (χ2v) is 6.00. The first-order valence-electron chi connectivity index (χ1n) is 5.36. The molecule has 0 aromatic heterocycles. The van der Waals surface area contributed by atoms with E-state index in [1.165, 1.54) is 10.5 Å². The second kappa shape index (κ2) is 7.15. The highest BCUT2D eigenvalue weighted by atomic mass is 79.9. The standard InChI is InChI=1S/C13H18BrNS/c1-10(2)15-8-11(3)9-16-13-6-4-5-12(14)7-13/h4-7,10,15H,3,8-9H2,1-2H3. The number of hydrogen-bond acceptors (Lipinski definition) is 2. The summed E-state index contributed by atoms with van der Waals surface area (Å²) in [6, 6.07) is 8.88. The predicted octanol–water partition coefficient (Wildman–Crippen LogP) is 4.10. The van der Waals surface area contributed by atoms with Gasteiger partial charge in [-0.1, -0.05) is 48.0 Å². The summed E-state index contributed by atoms with van der Waals surface area (Å²) in [5, 5.41) is 3.37. The lowest BCUT2D eigenvalue weighted by Gasteiger charge is -2.10. The SMILES string of the molecule is C=C(CNC(C)C)CSc1cccc(Br)c1. The van der Waals surface area contributed by atoms with Crippen LogP contribution < -0.4 is 5.32 Å². The molecule has 1 aromatic rings. The molecule has 1 rings (SSSR count). The van der Waals surface area contributed by atoms with Crippen molar-refractivity contribution < 1.29 is 0 Å². The molecule has 1 nitrogen and oxygen atoms in total. The van der Waals surface area contributed by atoms with Crippen LogP contribution >= 0.6 is 27.7 Å². The van der Waals surface area contributed by atoms with Gasteiger partial charge in [-0.2, -0.15) is 0 Å². The lowest BCUT2D eigenvalue weighted by Crippen LogP contribution is -2.25. The topological polar surface area (TPSA) is 12.0 Å². The summed E-state index contributed by atoms with van der Waals surface area (Å²) in [6.45, 7) is 9.27. The first-order valence-corrected chi connectivity index (χ1v) is 7.14. The molecule has 0 atom stereocenters. The monoisotopic (exact) mass is 299 g/mol. The summed E-state index contributed by atoms with van der Waals surface area (Å²) >= 11 is 5.30. The fraction of sp³-hybridized carbons (Fsp3) is 0.385. The predicted molar refractivity (Wildman–Crippen MR) is 77.1 cm³/mol. The van der Waals surface area contributed by atoms with Crippen LogP contribution in [0.15, 0.2) is 45.8 Å². The zero-order valence-corrected chi connectivity index (χ0v) is 12.2. The van der Waals surface area contributed by atoms with Gasteiger partial charge in [-0.3, -0.25) is 0 Å². The van der Waals surface area contributed by atoms with Gasteiger partial charge in [-0.15, -0.1) is 11.8 Å². The minimum absolute atomic E-state index is 0.521. The Morgan fingerprint density at radius 2 is 2.25 bits per heavy atom. The van der Waals surface area contributed by atoms with E-state index in [0.717, 1.165) is 16.8 Å². The van der Waals surface area contributed by atoms with E-state index in [-0.39, 0.29) is 0 Å². The van der Waals surface area contributed by atoms with Crippen molar-refractivity contribution in [1.82, 2.24) is 5.32 Å². The molecule has 0 saturated carbocycles. The molecule has 0 saturated heterocycles. The molecule has 3 heteroatoms. The van der Waals surface area contributed by atoms with Crippen LogP contribution in [0.1, 0.15) is 13.8 Å². The molecule has 0 bridgehead atoms. The van der Waals surface area contributed by atoms with Crippen LogP contribution in [-0.4, -0.2) is 18.3 Å². The average Bonchev–Trinajstić information content (AvgIpc) is 2.23. The van der Waals surface area contributed by atoms with Gasteiger partial charge in [-0.25, -0.2) is 0 Å². The highest BCUT2D eigenvalue weighted by Crippen LogP contribution is 2.23. The van der Waals surface area contributed by atoms with Gasteiger partial charge < -0.3 is 5.32 Å². The molecule has 1 aromatic carbocycles. The third-order valence-corrected chi connectivity index (χ3v) is 3.63. The van der Waals surface area contributed by atoms with E-state index in [4.69, 9.17) is 0 Å². The Hall–Kier alpha value is -0.250. The van der Waals surface area contributed by atoms with E-state index in [2.05, 4.69) is 59.9 Å². The Morgan fingerprint density at radius 1 is 1.50 bits per heavy atom. The van der Waals surface area contributed by atoms with Crippen LogP contribution in [0, 0.1) is 0 Å². The Morgan fingerprint density at radius 3 is 2.88 bits per heavy atom. The molecule has 0 fully saturated rings. The van der Waals surface area contributed by atoms with E-state index in [1.807, 2.05) is 17.8 Å². The van der Waals surface area contributed by atoms with Crippen LogP contribution in [0.3, 0.4) is 0 Å². The van der Waals surface area contributed by atoms with Gasteiger partial charge in [0.2, 0.25) is 0 Å². The van der Waals surface area contributed by atoms with Crippen molar-refractivity contribution in [2.24, 2.45) is 0 Å². The molecule has 1 N–H and O–H groups in total. The van der Waals surface area contributed by atoms with Gasteiger partial charge in [0, 0.05) is 27.7 Å². The zero-order valence-electron chi connectivity index (χ0n) is 9.79. The van der Waals surface area contributed by atoms with Crippen molar-refractivity contribution in [1.29, 1.82) is 0 Å². The van der Waals surface area contributed by atoms with Crippen molar-refractivity contribution in [3.8, 4) is 0 Å². The third kappa shape index (κ3) is 5.73. The van der Waals surface area contributed by atoms with E-state index in [9.17, 15) is 0 Å². The molecule has 0 aliphatic heterocycles. The van der Waals surface area contributed by atoms with Gasteiger partial charge >= 0.3 is 0 Å². The maximum Gasteiger partial charge on any atom is 0.0200 e. The first kappa shape index (κ1) is 13.8. The van der Waals surface area contributed by atoms with Crippen molar-refractivity contribution in [2.75, 3.05) is 12.3 Å². The number of thioether (sulfide) groups is 1. The smallest absolute Gasteiger partial charge is 0.0200 e. The summed E-state index contributed by atoms with van der Waals surface area (Å²) in [5.74, 6) is 0.968. The summed E-state index contributed by atoms with van der Waals surface area (Å²) in [5.41, 5.74) is 1.23. The van der Waals surface area contributed by atoms with E-state index in [0.29, 0.717) is 6.04 Å². The van der Waals surface area contributed by atoms with Crippen LogP contribution in [-0.2, 0) is 0 Å². The molecule has 0 amide bonds. The first-order chi connectivity index (χ1) is 7.58. The Balaban J connectivity index is 2.31. The summed E-state index contributed by atoms with van der Waals surface area (Å²) in [4.78, 5) is 1.28. The quantitative estimate of drug-likeness (QED) is 0.627. The average molecular weight is 300 g/mol. The minimum atomic E-state index is 0.521. The van der Waals surface area contributed by atoms with Crippen molar-refractivity contribution in [2.45, 2.75) is 24.8 Å². The highest BCUT2D eigenvalue weighted by molar-refractivity contribution is 9.10. The van der Waals surface area contributed by atoms with Crippen molar-refractivity contribution in [3.63, 3.8) is 0 Å². The summed E-state index contributed by atoms with van der Waals surface area (Å²) in [7, 11) is 0. The van der Waals surface area contributed by atoms with Crippen LogP contribution in [0.5, 0.6) is 0 Å². The lowest BCUT2D eigenvalue weighted by atomic mass is 10.3. The highest BCUT2D eigenvalue weighted by Gasteiger charge is 1.99. The molecule has 0 unspecified atom stereocenters. The molecule has 88 valence electrons. The fourth-order valence-corrected chi connectivity index (χ4v) is 2.55. The zero-order chi connectivity index (χ0) is 12.0. The number of hydrogen-bond donors (Lipinski definition) is 1. The summed E-state index contributed by atoms with van der Waals surface area (Å²) < 4.78 is 1.13. The van der Waals surface area contributed by atoms with Crippen LogP contribution in [0.4, 0.5) is 0 Å². The lowest BCUT2D eigenvalue weighted by molar-refractivity contribution is 0.623. The normalized spacial score (nSPS) is 10.8. The molecule has 0 aliphatic carbocycles. The van der Waals surface area contributed by atoms with E-state index < -0.39 is 0 Å². The van der Waals surface area contributed by atoms with Crippen molar-refractivity contribution >= 4 is 27.7 Å². The molecule has 0 heterocycles. The van der Waals surface area contributed by atoms with E-state index >= 15 is 0 Å². The van der Waals surface area contributed by atoms with Crippen molar-refractivity contribution in [3.05, 3.63) is 40.9 Å². The maximum atomic E-state index is 4.07. The fourth-order valence-electron chi connectivity index (χ4n) is 1.14. The Labute approximate surface area is 111 Å². The minimum Gasteiger partial charge on any atom is -0.311 e. The number of benzene rings is 1. The molecule has 0 aliphatic rings. The van der Waals surface area contributed by atoms with E-state index in [1.54, 1.807) is 0 Å². The molecule has 0 radical (unpaired) electrons. The van der Waals surface area contributed by atoms with Gasteiger partial charge in [0.15, 0.2) is 0 Å². The number of nitrogens with one attached hydrogen (secondary N) is 1. The van der Waals surface area contributed by atoms with Gasteiger partial charge in [0.05, 0.1) is 0 Å². The molecular formula is C13H18BrNS. The van der Waals surface area contributed by atoms with Crippen LogP contribution in [0.2, 0.25) is 0 Å². The maximum absolute atomic E-state index is 4.07. The van der Waals surface area contributed by atoms with Crippen LogP contribution in [0.25, 0.3) is 0 Å².